The van der Waals surface area contributed by atoms with E-state index in [0.29, 0.717) is 18.3 Å². The number of allylic oxidation sites excluding steroid dienone is 1. The Hall–Kier alpha value is -3.19. The minimum absolute atomic E-state index is 0.107. The van der Waals surface area contributed by atoms with Crippen LogP contribution in [0.25, 0.3) is 17.3 Å². The van der Waals surface area contributed by atoms with E-state index in [1.807, 2.05) is 17.0 Å². The Morgan fingerprint density at radius 2 is 2.00 bits per heavy atom. The van der Waals surface area contributed by atoms with Crippen molar-refractivity contribution in [2.45, 2.75) is 26.2 Å². The molecule has 0 aliphatic carbocycles. The number of aromatic amines is 1. The fourth-order valence-corrected chi connectivity index (χ4v) is 6.05. The van der Waals surface area contributed by atoms with Crippen molar-refractivity contribution in [3.8, 4) is 11.3 Å². The predicted molar refractivity (Wildman–Crippen MR) is 148 cm³/mol. The second-order valence-electron chi connectivity index (χ2n) is 10.8. The molecule has 3 aliphatic rings. The van der Waals surface area contributed by atoms with Crippen LogP contribution in [0, 0.1) is 16.7 Å². The Balaban J connectivity index is 1.38. The molecule has 3 aliphatic heterocycles. The lowest BCUT2D eigenvalue weighted by molar-refractivity contribution is -0.142. The molecule has 3 fully saturated rings. The summed E-state index contributed by atoms with van der Waals surface area (Å²) >= 11 is 0. The Morgan fingerprint density at radius 1 is 1.28 bits per heavy atom. The molecule has 2 atom stereocenters. The summed E-state index contributed by atoms with van der Waals surface area (Å²) in [7, 11) is -1.06. The molecular formula is C26H34F2N8O2S. The number of H-pyrrole nitrogens is 1. The van der Waals surface area contributed by atoms with E-state index in [4.69, 9.17) is 10.4 Å². The van der Waals surface area contributed by atoms with Crippen LogP contribution in [-0.4, -0.2) is 94.2 Å². The van der Waals surface area contributed by atoms with Crippen LogP contribution in [0.5, 0.6) is 0 Å². The summed E-state index contributed by atoms with van der Waals surface area (Å²) < 4.78 is 39.9. The average Bonchev–Trinajstić information content (AvgIpc) is 3.33. The first-order chi connectivity index (χ1) is 18.6. The molecule has 0 radical (unpaired) electrons. The van der Waals surface area contributed by atoms with Gasteiger partial charge in [0.05, 0.1) is 28.6 Å². The van der Waals surface area contributed by atoms with Crippen molar-refractivity contribution in [3.05, 3.63) is 30.2 Å². The first-order valence-corrected chi connectivity index (χ1v) is 14.6. The standard InChI is InChI=1S/C26H34F2N8O2S/c1-17(37)35-13-26(14-35)15-36(16-26)24-9-19(21-11-30-22(32-21)6-5-20(29)25(27)28)8-23(33-24)34-7-3-4-18(12-34)10-31-39(2)38/h5-6,8-9,11,18,25,29,31H,3-4,7,10,12-16H2,1-2H3,(H,30,32)/b6-5-,29-20?. The van der Waals surface area contributed by atoms with Crippen LogP contribution >= 0.6 is 0 Å². The number of pyridine rings is 1. The number of nitrogens with zero attached hydrogens (tertiary/aromatic N) is 5. The zero-order valence-corrected chi connectivity index (χ0v) is 22.9. The van der Waals surface area contributed by atoms with Gasteiger partial charge in [0.1, 0.15) is 17.5 Å². The van der Waals surface area contributed by atoms with E-state index in [0.717, 1.165) is 81.1 Å². The number of piperidine rings is 1. The number of rotatable bonds is 9. The summed E-state index contributed by atoms with van der Waals surface area (Å²) in [5.74, 6) is 2.53. The first kappa shape index (κ1) is 27.4. The number of aromatic nitrogens is 3. The molecular weight excluding hydrogens is 526 g/mol. The minimum atomic E-state index is -2.83. The van der Waals surface area contributed by atoms with Gasteiger partial charge < -0.3 is 19.7 Å². The molecule has 0 aromatic carbocycles. The Morgan fingerprint density at radius 3 is 2.67 bits per heavy atom. The van der Waals surface area contributed by atoms with Crippen molar-refractivity contribution in [2.24, 2.45) is 11.3 Å². The molecule has 2 aromatic heterocycles. The first-order valence-electron chi connectivity index (χ1n) is 13.1. The highest BCUT2D eigenvalue weighted by Gasteiger charge is 2.53. The molecule has 5 heterocycles. The summed E-state index contributed by atoms with van der Waals surface area (Å²) in [4.78, 5) is 30.5. The summed E-state index contributed by atoms with van der Waals surface area (Å²) in [6.07, 6.45) is 4.94. The minimum Gasteiger partial charge on any atom is -0.356 e. The van der Waals surface area contributed by atoms with E-state index >= 15 is 0 Å². The van der Waals surface area contributed by atoms with Crippen LogP contribution in [0.15, 0.2) is 24.4 Å². The largest absolute Gasteiger partial charge is 0.356 e. The predicted octanol–water partition coefficient (Wildman–Crippen LogP) is 2.54. The SMILES string of the molecule is CC(=O)N1CC2(C1)CN(c1cc(-c3cnc(/C=C\C(=N)C(F)F)[nH]3)cc(N3CCCC(CNS(C)=O)C3)n1)C2. The van der Waals surface area contributed by atoms with Gasteiger partial charge in [-0.1, -0.05) is 0 Å². The van der Waals surface area contributed by atoms with Crippen LogP contribution < -0.4 is 14.5 Å². The second kappa shape index (κ2) is 11.1. The lowest BCUT2D eigenvalue weighted by Crippen LogP contribution is -2.73. The van der Waals surface area contributed by atoms with E-state index < -0.39 is 23.1 Å². The molecule has 1 amide bonds. The maximum atomic E-state index is 12.7. The molecule has 10 nitrogen and oxygen atoms in total. The van der Waals surface area contributed by atoms with Crippen LogP contribution in [0.1, 0.15) is 25.6 Å². The lowest BCUT2D eigenvalue weighted by atomic mass is 9.73. The van der Waals surface area contributed by atoms with Gasteiger partial charge in [-0.2, -0.15) is 0 Å². The number of carbonyl (C=O) groups excluding carboxylic acids is 1. The fraction of sp³-hybridized carbons (Fsp3) is 0.538. The number of hydrogen-bond acceptors (Lipinski definition) is 7. The molecule has 0 bridgehead atoms. The number of anilines is 2. The number of nitrogens with one attached hydrogen (secondary N) is 3. The van der Waals surface area contributed by atoms with E-state index in [1.165, 1.54) is 6.08 Å². The monoisotopic (exact) mass is 560 g/mol. The lowest BCUT2D eigenvalue weighted by Gasteiger charge is -2.60. The maximum Gasteiger partial charge on any atom is 0.279 e. The van der Waals surface area contributed by atoms with Crippen molar-refractivity contribution in [1.29, 1.82) is 5.41 Å². The molecule has 39 heavy (non-hydrogen) atoms. The summed E-state index contributed by atoms with van der Waals surface area (Å²) in [6, 6.07) is 4.01. The number of carbonyl (C=O) groups is 1. The van der Waals surface area contributed by atoms with Crippen molar-refractivity contribution < 1.29 is 17.8 Å². The molecule has 3 saturated heterocycles. The van der Waals surface area contributed by atoms with Gasteiger partial charge in [0, 0.05) is 70.0 Å². The van der Waals surface area contributed by atoms with Crippen molar-refractivity contribution in [2.75, 3.05) is 61.9 Å². The fourth-order valence-electron chi connectivity index (χ4n) is 5.58. The third-order valence-corrected chi connectivity index (χ3v) is 8.23. The molecule has 3 N–H and O–H groups in total. The van der Waals surface area contributed by atoms with E-state index in [9.17, 15) is 17.8 Å². The smallest absolute Gasteiger partial charge is 0.279 e. The van der Waals surface area contributed by atoms with Crippen LogP contribution in [0.2, 0.25) is 0 Å². The zero-order valence-electron chi connectivity index (χ0n) is 22.1. The summed E-state index contributed by atoms with van der Waals surface area (Å²) in [5.41, 5.74) is 0.957. The Labute approximate surface area is 229 Å². The number of halogens is 2. The molecule has 210 valence electrons. The van der Waals surface area contributed by atoms with Gasteiger partial charge in [-0.05, 0) is 43.0 Å². The van der Waals surface area contributed by atoms with Crippen molar-refractivity contribution in [1.82, 2.24) is 24.6 Å². The van der Waals surface area contributed by atoms with Crippen LogP contribution in [0.4, 0.5) is 20.4 Å². The number of alkyl halides is 2. The quantitative estimate of drug-likeness (QED) is 0.406. The second-order valence-corrected chi connectivity index (χ2v) is 12.0. The van der Waals surface area contributed by atoms with Gasteiger partial charge in [0.25, 0.3) is 6.43 Å². The van der Waals surface area contributed by atoms with Crippen LogP contribution in [-0.2, 0) is 15.8 Å². The Kier molecular flexibility index (Phi) is 7.81. The zero-order chi connectivity index (χ0) is 27.7. The third-order valence-electron chi connectivity index (χ3n) is 7.65. The highest BCUT2D eigenvalue weighted by molar-refractivity contribution is 7.82. The Bertz CT molecular complexity index is 1280. The maximum absolute atomic E-state index is 12.7. The summed E-state index contributed by atoms with van der Waals surface area (Å²) in [6.45, 7) is 7.14. The molecule has 0 saturated carbocycles. The molecule has 5 rings (SSSR count). The average molecular weight is 561 g/mol. The topological polar surface area (TPSA) is 121 Å². The number of amides is 1. The highest BCUT2D eigenvalue weighted by Crippen LogP contribution is 2.42. The van der Waals surface area contributed by atoms with E-state index in [-0.39, 0.29) is 11.3 Å². The van der Waals surface area contributed by atoms with Gasteiger partial charge in [-0.25, -0.2) is 27.7 Å². The van der Waals surface area contributed by atoms with Crippen molar-refractivity contribution in [3.63, 3.8) is 0 Å². The van der Waals surface area contributed by atoms with E-state index in [2.05, 4.69) is 24.5 Å². The molecule has 2 aromatic rings. The van der Waals surface area contributed by atoms with Gasteiger partial charge in [0.2, 0.25) is 5.91 Å². The molecule has 13 heteroatoms. The summed E-state index contributed by atoms with van der Waals surface area (Å²) in [5, 5.41) is 7.33. The van der Waals surface area contributed by atoms with Crippen molar-refractivity contribution >= 4 is 40.3 Å². The number of imidazole rings is 1. The van der Waals surface area contributed by atoms with Gasteiger partial charge >= 0.3 is 0 Å². The number of hydrogen-bond donors (Lipinski definition) is 3. The van der Waals surface area contributed by atoms with Gasteiger partial charge in [-0.3, -0.25) is 10.2 Å². The normalized spacial score (nSPS) is 21.4. The van der Waals surface area contributed by atoms with Crippen LogP contribution in [0.3, 0.4) is 0 Å². The molecule has 2 unspecified atom stereocenters. The number of likely N-dealkylation sites (tertiary alicyclic amines) is 1. The van der Waals surface area contributed by atoms with Gasteiger partial charge in [0.15, 0.2) is 0 Å². The third kappa shape index (κ3) is 6.19. The van der Waals surface area contributed by atoms with E-state index in [1.54, 1.807) is 19.4 Å². The molecule has 1 spiro atoms. The van der Waals surface area contributed by atoms with Gasteiger partial charge in [-0.15, -0.1) is 0 Å². The highest BCUT2D eigenvalue weighted by atomic mass is 32.2.